The van der Waals surface area contributed by atoms with Crippen molar-refractivity contribution >= 4 is 50.5 Å². The van der Waals surface area contributed by atoms with Crippen molar-refractivity contribution in [3.8, 4) is 0 Å². The van der Waals surface area contributed by atoms with Gasteiger partial charge in [-0.2, -0.15) is 4.31 Å². The Hall–Kier alpha value is -2.24. The van der Waals surface area contributed by atoms with E-state index in [0.717, 1.165) is 0 Å². The highest BCUT2D eigenvalue weighted by atomic mass is 35.5. The summed E-state index contributed by atoms with van der Waals surface area (Å²) in [5, 5.41) is 14.0. The molecule has 2 aromatic rings. The smallest absolute Gasteiger partial charge is 0.271 e. The molecule has 0 spiro atoms. The third-order valence-electron chi connectivity index (χ3n) is 4.92. The van der Waals surface area contributed by atoms with Gasteiger partial charge >= 0.3 is 0 Å². The number of benzene rings is 2. The molecule has 1 aliphatic rings. The molecule has 3 rings (SSSR count). The van der Waals surface area contributed by atoms with Crippen LogP contribution >= 0.6 is 23.2 Å². The monoisotopic (exact) mass is 486 g/mol. The first-order chi connectivity index (χ1) is 14.6. The summed E-state index contributed by atoms with van der Waals surface area (Å²) in [7, 11) is -3.81. The molecule has 31 heavy (non-hydrogen) atoms. The summed E-state index contributed by atoms with van der Waals surface area (Å²) in [5.74, 6) is -0.335. The fraction of sp³-hybridized carbons (Fsp3) is 0.316. The summed E-state index contributed by atoms with van der Waals surface area (Å²) >= 11 is 12.0. The van der Waals surface area contributed by atoms with Gasteiger partial charge < -0.3 is 5.32 Å². The lowest BCUT2D eigenvalue weighted by atomic mass is 10.2. The maximum Gasteiger partial charge on any atom is 0.271 e. The minimum Gasteiger partial charge on any atom is -0.324 e. The first-order valence-corrected chi connectivity index (χ1v) is 11.5. The number of nitro groups is 1. The fourth-order valence-corrected chi connectivity index (χ4v) is 5.35. The number of non-ortho nitro benzene ring substituents is 1. The van der Waals surface area contributed by atoms with E-state index in [0.29, 0.717) is 24.3 Å². The maximum atomic E-state index is 12.9. The molecule has 0 atom stereocenters. The number of aryl methyl sites for hydroxylation is 1. The van der Waals surface area contributed by atoms with E-state index in [4.69, 9.17) is 23.2 Å². The highest BCUT2D eigenvalue weighted by molar-refractivity contribution is 7.89. The van der Waals surface area contributed by atoms with Crippen molar-refractivity contribution in [3.05, 3.63) is 62.1 Å². The Labute approximate surface area is 189 Å². The Morgan fingerprint density at radius 3 is 2.45 bits per heavy atom. The van der Waals surface area contributed by atoms with E-state index in [1.807, 2.05) is 4.90 Å². The number of nitrogens with zero attached hydrogens (tertiary/aromatic N) is 3. The van der Waals surface area contributed by atoms with Crippen molar-refractivity contribution in [2.24, 2.45) is 0 Å². The van der Waals surface area contributed by atoms with E-state index < -0.39 is 14.9 Å². The summed E-state index contributed by atoms with van der Waals surface area (Å²) in [5.41, 5.74) is 0.962. The van der Waals surface area contributed by atoms with Crippen LogP contribution in [0.2, 0.25) is 10.0 Å². The predicted molar refractivity (Wildman–Crippen MR) is 118 cm³/mol. The van der Waals surface area contributed by atoms with E-state index in [1.165, 1.54) is 34.6 Å². The highest BCUT2D eigenvalue weighted by Crippen LogP contribution is 2.28. The van der Waals surface area contributed by atoms with Crippen LogP contribution in [-0.4, -0.2) is 61.2 Å². The molecule has 1 fully saturated rings. The Bertz CT molecular complexity index is 1120. The van der Waals surface area contributed by atoms with Gasteiger partial charge in [0, 0.05) is 43.3 Å². The summed E-state index contributed by atoms with van der Waals surface area (Å²) in [6.45, 7) is 2.85. The second kappa shape index (κ2) is 9.49. The molecule has 166 valence electrons. The minimum atomic E-state index is -3.81. The van der Waals surface area contributed by atoms with Crippen LogP contribution in [0.1, 0.15) is 5.56 Å². The quantitative estimate of drug-likeness (QED) is 0.495. The third kappa shape index (κ3) is 5.52. The number of carbonyl (C=O) groups excluding carboxylic acids is 1. The maximum absolute atomic E-state index is 12.9. The number of anilines is 1. The molecule has 1 saturated heterocycles. The Morgan fingerprint density at radius 1 is 1.13 bits per heavy atom. The number of rotatable bonds is 6. The van der Waals surface area contributed by atoms with Crippen molar-refractivity contribution in [2.75, 3.05) is 38.0 Å². The second-order valence-corrected chi connectivity index (χ2v) is 9.81. The summed E-state index contributed by atoms with van der Waals surface area (Å²) in [6.07, 6.45) is 0. The Morgan fingerprint density at radius 2 is 1.81 bits per heavy atom. The number of hydrogen-bond acceptors (Lipinski definition) is 6. The van der Waals surface area contributed by atoms with Gasteiger partial charge in [0.2, 0.25) is 15.9 Å². The van der Waals surface area contributed by atoms with Gasteiger partial charge in [0.25, 0.3) is 5.69 Å². The molecule has 0 radical (unpaired) electrons. The standard InChI is InChI=1S/C19H20Cl2N4O5S/c1-13-2-4-15(25(27)28)11-17(13)22-19(26)12-23-6-8-24(9-7-23)31(29,30)18-10-14(20)3-5-16(18)21/h2-5,10-11H,6-9,12H2,1H3,(H,22,26). The van der Waals surface area contributed by atoms with Crippen molar-refractivity contribution in [3.63, 3.8) is 0 Å². The van der Waals surface area contributed by atoms with Crippen molar-refractivity contribution in [1.82, 2.24) is 9.21 Å². The van der Waals surface area contributed by atoms with Crippen LogP contribution in [0.25, 0.3) is 0 Å². The van der Waals surface area contributed by atoms with Crippen molar-refractivity contribution in [2.45, 2.75) is 11.8 Å². The van der Waals surface area contributed by atoms with Crippen LogP contribution in [0.4, 0.5) is 11.4 Å². The Kier molecular flexibility index (Phi) is 7.17. The molecule has 9 nitrogen and oxygen atoms in total. The average molecular weight is 487 g/mol. The summed E-state index contributed by atoms with van der Waals surface area (Å²) < 4.78 is 27.1. The van der Waals surface area contributed by atoms with E-state index >= 15 is 0 Å². The van der Waals surface area contributed by atoms with Gasteiger partial charge in [-0.15, -0.1) is 0 Å². The van der Waals surface area contributed by atoms with Gasteiger partial charge in [-0.05, 0) is 30.7 Å². The van der Waals surface area contributed by atoms with Crippen LogP contribution in [-0.2, 0) is 14.8 Å². The lowest BCUT2D eigenvalue weighted by Gasteiger charge is -2.33. The zero-order valence-electron chi connectivity index (χ0n) is 16.5. The van der Waals surface area contributed by atoms with Gasteiger partial charge in [-0.3, -0.25) is 19.8 Å². The first-order valence-electron chi connectivity index (χ1n) is 9.30. The average Bonchev–Trinajstić information content (AvgIpc) is 2.71. The zero-order valence-corrected chi connectivity index (χ0v) is 18.9. The summed E-state index contributed by atoms with van der Waals surface area (Å²) in [4.78, 5) is 24.6. The van der Waals surface area contributed by atoms with Crippen LogP contribution in [0, 0.1) is 17.0 Å². The third-order valence-corrected chi connectivity index (χ3v) is 7.53. The van der Waals surface area contributed by atoms with Gasteiger partial charge in [-0.1, -0.05) is 29.3 Å². The van der Waals surface area contributed by atoms with Gasteiger partial charge in [-0.25, -0.2) is 8.42 Å². The van der Waals surface area contributed by atoms with E-state index in [9.17, 15) is 23.3 Å². The van der Waals surface area contributed by atoms with Crippen LogP contribution in [0.5, 0.6) is 0 Å². The predicted octanol–water partition coefficient (Wildman–Crippen LogP) is 3.16. The van der Waals surface area contributed by atoms with Crippen LogP contribution < -0.4 is 5.32 Å². The summed E-state index contributed by atoms with van der Waals surface area (Å²) in [6, 6.07) is 8.53. The molecule has 0 bridgehead atoms. The second-order valence-electron chi connectivity index (χ2n) is 7.06. The largest absolute Gasteiger partial charge is 0.324 e. The molecule has 1 heterocycles. The SMILES string of the molecule is Cc1ccc([N+](=O)[O-])cc1NC(=O)CN1CCN(S(=O)(=O)c2cc(Cl)ccc2Cl)CC1. The molecule has 0 unspecified atom stereocenters. The normalized spacial score (nSPS) is 15.6. The van der Waals surface area contributed by atoms with Crippen LogP contribution in [0.15, 0.2) is 41.3 Å². The molecule has 2 aromatic carbocycles. The van der Waals surface area contributed by atoms with Gasteiger partial charge in [0.05, 0.1) is 22.2 Å². The molecule has 1 aliphatic heterocycles. The van der Waals surface area contributed by atoms with Gasteiger partial charge in [0.1, 0.15) is 4.90 Å². The molecule has 0 aromatic heterocycles. The molecular formula is C19H20Cl2N4O5S. The van der Waals surface area contributed by atoms with Crippen molar-refractivity contribution in [1.29, 1.82) is 0 Å². The minimum absolute atomic E-state index is 0.0357. The molecule has 12 heteroatoms. The topological polar surface area (TPSA) is 113 Å². The molecule has 1 amide bonds. The van der Waals surface area contributed by atoms with E-state index in [1.54, 1.807) is 13.0 Å². The number of nitro benzene ring substituents is 1. The number of sulfonamides is 1. The lowest BCUT2D eigenvalue weighted by molar-refractivity contribution is -0.384. The number of hydrogen-bond donors (Lipinski definition) is 1. The van der Waals surface area contributed by atoms with Crippen LogP contribution in [0.3, 0.4) is 0 Å². The zero-order chi connectivity index (χ0) is 22.8. The van der Waals surface area contributed by atoms with Gasteiger partial charge in [0.15, 0.2) is 0 Å². The van der Waals surface area contributed by atoms with Crippen molar-refractivity contribution < 1.29 is 18.1 Å². The highest BCUT2D eigenvalue weighted by Gasteiger charge is 2.30. The number of amides is 1. The molecular weight excluding hydrogens is 467 g/mol. The number of halogens is 2. The first kappa shape index (κ1) is 23.4. The number of piperazine rings is 1. The molecule has 1 N–H and O–H groups in total. The lowest BCUT2D eigenvalue weighted by Crippen LogP contribution is -2.50. The Balaban J connectivity index is 1.60. The molecule has 0 aliphatic carbocycles. The fourth-order valence-electron chi connectivity index (χ4n) is 3.19. The van der Waals surface area contributed by atoms with E-state index in [2.05, 4.69) is 5.32 Å². The molecule has 0 saturated carbocycles. The number of carbonyl (C=O) groups is 1. The number of nitrogens with one attached hydrogen (secondary N) is 1. The van der Waals surface area contributed by atoms with E-state index in [-0.39, 0.29) is 46.2 Å².